The number of para-hydroxylation sites is 1. The Morgan fingerprint density at radius 2 is 2.11 bits per heavy atom. The van der Waals surface area contributed by atoms with E-state index in [0.29, 0.717) is 12.4 Å². The Balaban J connectivity index is 2.51. The monoisotopic (exact) mass is 260 g/mol. The molecular formula is C13H16N4O2. The van der Waals surface area contributed by atoms with E-state index in [9.17, 15) is 4.79 Å². The molecule has 19 heavy (non-hydrogen) atoms. The number of hydrogen-bond donors (Lipinski definition) is 1. The number of benzene rings is 1. The minimum absolute atomic E-state index is 0.336. The Morgan fingerprint density at radius 3 is 2.68 bits per heavy atom. The maximum Gasteiger partial charge on any atom is 0.345 e. The number of nitrogens with two attached hydrogens (primary N) is 1. The van der Waals surface area contributed by atoms with Gasteiger partial charge in [-0.2, -0.15) is 10.2 Å². The van der Waals surface area contributed by atoms with E-state index in [4.69, 9.17) is 10.6 Å². The molecule has 6 heteroatoms. The topological polar surface area (TPSA) is 73.4 Å². The molecule has 0 bridgehead atoms. The minimum Gasteiger partial charge on any atom is -0.349 e. The van der Waals surface area contributed by atoms with Gasteiger partial charge in [-0.05, 0) is 26.0 Å². The Kier molecular flexibility index (Phi) is 3.82. The third-order valence-corrected chi connectivity index (χ3v) is 2.57. The second-order valence-corrected chi connectivity index (χ2v) is 3.95. The maximum atomic E-state index is 11.5. The Morgan fingerprint density at radius 1 is 1.42 bits per heavy atom. The van der Waals surface area contributed by atoms with Crippen molar-refractivity contribution in [3.05, 3.63) is 42.1 Å². The fraction of sp³-hybridized carbons (Fsp3) is 0.231. The van der Waals surface area contributed by atoms with Gasteiger partial charge in [-0.3, -0.25) is 4.84 Å². The van der Waals surface area contributed by atoms with Gasteiger partial charge < -0.3 is 5.73 Å². The molecule has 2 N–H and O–H groups in total. The van der Waals surface area contributed by atoms with Gasteiger partial charge in [0, 0.05) is 5.56 Å². The molecule has 0 saturated carbocycles. The number of urea groups is 1. The van der Waals surface area contributed by atoms with Crippen LogP contribution in [0.4, 0.5) is 10.6 Å². The Hall–Kier alpha value is -2.34. The molecule has 0 saturated heterocycles. The van der Waals surface area contributed by atoms with Crippen LogP contribution in [0.1, 0.15) is 12.5 Å². The summed E-state index contributed by atoms with van der Waals surface area (Å²) in [4.78, 5) is 16.8. The lowest BCUT2D eigenvalue weighted by atomic mass is 10.3. The fourth-order valence-electron chi connectivity index (χ4n) is 1.79. The Bertz CT molecular complexity index is 565. The summed E-state index contributed by atoms with van der Waals surface area (Å²) < 4.78 is 1.62. The molecule has 2 amide bonds. The van der Waals surface area contributed by atoms with E-state index in [1.165, 1.54) is 0 Å². The van der Waals surface area contributed by atoms with Gasteiger partial charge >= 0.3 is 6.03 Å². The van der Waals surface area contributed by atoms with Crippen molar-refractivity contribution >= 4 is 11.8 Å². The lowest BCUT2D eigenvalue weighted by Gasteiger charge is -2.20. The SMILES string of the molecule is CCON(C(N)=O)c1c(C)cnn1-c1ccccc1. The van der Waals surface area contributed by atoms with Crippen LogP contribution in [0.5, 0.6) is 0 Å². The van der Waals surface area contributed by atoms with E-state index in [2.05, 4.69) is 5.10 Å². The largest absolute Gasteiger partial charge is 0.349 e. The van der Waals surface area contributed by atoms with Crippen molar-refractivity contribution in [2.45, 2.75) is 13.8 Å². The van der Waals surface area contributed by atoms with Crippen molar-refractivity contribution in [2.24, 2.45) is 5.73 Å². The van der Waals surface area contributed by atoms with Crippen LogP contribution in [-0.2, 0) is 4.84 Å². The van der Waals surface area contributed by atoms with Crippen molar-refractivity contribution in [3.8, 4) is 5.69 Å². The molecule has 6 nitrogen and oxygen atoms in total. The number of amides is 2. The first kappa shape index (κ1) is 13.1. The van der Waals surface area contributed by atoms with E-state index >= 15 is 0 Å². The molecule has 0 fully saturated rings. The first-order valence-electron chi connectivity index (χ1n) is 5.97. The van der Waals surface area contributed by atoms with E-state index in [1.54, 1.807) is 17.8 Å². The molecule has 0 spiro atoms. The average molecular weight is 260 g/mol. The van der Waals surface area contributed by atoms with E-state index < -0.39 is 6.03 Å². The molecule has 2 aromatic rings. The van der Waals surface area contributed by atoms with Crippen LogP contribution in [-0.4, -0.2) is 22.4 Å². The summed E-state index contributed by atoms with van der Waals surface area (Å²) in [7, 11) is 0. The molecule has 1 aromatic heterocycles. The van der Waals surface area contributed by atoms with Crippen LogP contribution in [0, 0.1) is 6.92 Å². The molecule has 1 heterocycles. The summed E-state index contributed by atoms with van der Waals surface area (Å²) >= 11 is 0. The second-order valence-electron chi connectivity index (χ2n) is 3.95. The first-order valence-corrected chi connectivity index (χ1v) is 5.97. The predicted molar refractivity (Wildman–Crippen MR) is 72.0 cm³/mol. The number of hydrogen-bond acceptors (Lipinski definition) is 3. The normalized spacial score (nSPS) is 10.4. The third kappa shape index (κ3) is 2.58. The second kappa shape index (κ2) is 5.53. The maximum absolute atomic E-state index is 11.5. The lowest BCUT2D eigenvalue weighted by molar-refractivity contribution is 0.128. The number of carbonyl (C=O) groups is 1. The molecule has 0 radical (unpaired) electrons. The third-order valence-electron chi connectivity index (χ3n) is 2.57. The zero-order valence-electron chi connectivity index (χ0n) is 10.9. The smallest absolute Gasteiger partial charge is 0.345 e. The lowest BCUT2D eigenvalue weighted by Crippen LogP contribution is -2.37. The standard InChI is InChI=1S/C13H16N4O2/c1-3-19-17(13(14)18)12-10(2)9-15-16(12)11-7-5-4-6-8-11/h4-9H,3H2,1-2H3,(H2,14,18). The van der Waals surface area contributed by atoms with Crippen LogP contribution in [0.2, 0.25) is 0 Å². The molecule has 2 rings (SSSR count). The van der Waals surface area contributed by atoms with E-state index in [1.807, 2.05) is 37.3 Å². The van der Waals surface area contributed by atoms with Gasteiger partial charge in [-0.15, -0.1) is 0 Å². The summed E-state index contributed by atoms with van der Waals surface area (Å²) in [5.41, 5.74) is 6.98. The molecule has 0 aliphatic heterocycles. The van der Waals surface area contributed by atoms with Crippen LogP contribution >= 0.6 is 0 Å². The Labute approximate surface area is 111 Å². The van der Waals surface area contributed by atoms with Crippen molar-refractivity contribution in [3.63, 3.8) is 0 Å². The number of nitrogens with zero attached hydrogens (tertiary/aromatic N) is 3. The molecule has 0 unspecified atom stereocenters. The molecular weight excluding hydrogens is 244 g/mol. The van der Waals surface area contributed by atoms with Gasteiger partial charge in [0.25, 0.3) is 0 Å². The van der Waals surface area contributed by atoms with Crippen molar-refractivity contribution in [2.75, 3.05) is 11.7 Å². The van der Waals surface area contributed by atoms with Crippen molar-refractivity contribution in [1.29, 1.82) is 0 Å². The van der Waals surface area contributed by atoms with Gasteiger partial charge in [-0.25, -0.2) is 9.48 Å². The number of carbonyl (C=O) groups excluding carboxylic acids is 1. The van der Waals surface area contributed by atoms with Crippen molar-refractivity contribution < 1.29 is 9.63 Å². The molecule has 0 aliphatic rings. The average Bonchev–Trinajstić information content (AvgIpc) is 2.78. The van der Waals surface area contributed by atoms with Crippen LogP contribution in [0.25, 0.3) is 5.69 Å². The zero-order chi connectivity index (χ0) is 13.8. The van der Waals surface area contributed by atoms with Crippen molar-refractivity contribution in [1.82, 2.24) is 9.78 Å². The minimum atomic E-state index is -0.678. The van der Waals surface area contributed by atoms with Gasteiger partial charge in [-0.1, -0.05) is 18.2 Å². The fourth-order valence-corrected chi connectivity index (χ4v) is 1.79. The molecule has 0 aliphatic carbocycles. The number of aromatic nitrogens is 2. The number of rotatable bonds is 4. The quantitative estimate of drug-likeness (QED) is 0.855. The molecule has 1 aromatic carbocycles. The number of aryl methyl sites for hydroxylation is 1. The molecule has 0 atom stereocenters. The summed E-state index contributed by atoms with van der Waals surface area (Å²) in [5, 5.41) is 5.32. The summed E-state index contributed by atoms with van der Waals surface area (Å²) in [5.74, 6) is 0.514. The zero-order valence-corrected chi connectivity index (χ0v) is 10.9. The van der Waals surface area contributed by atoms with Crippen LogP contribution < -0.4 is 10.8 Å². The summed E-state index contributed by atoms with van der Waals surface area (Å²) in [6, 6.07) is 8.80. The number of hydroxylamine groups is 1. The van der Waals surface area contributed by atoms with Crippen LogP contribution in [0.3, 0.4) is 0 Å². The van der Waals surface area contributed by atoms with E-state index in [0.717, 1.165) is 16.3 Å². The highest BCUT2D eigenvalue weighted by Crippen LogP contribution is 2.23. The highest BCUT2D eigenvalue weighted by molar-refractivity contribution is 5.88. The summed E-state index contributed by atoms with van der Waals surface area (Å²) in [6.45, 7) is 3.97. The highest BCUT2D eigenvalue weighted by atomic mass is 16.7. The van der Waals surface area contributed by atoms with E-state index in [-0.39, 0.29) is 0 Å². The number of anilines is 1. The first-order chi connectivity index (χ1) is 9.15. The highest BCUT2D eigenvalue weighted by Gasteiger charge is 2.21. The molecule has 100 valence electrons. The van der Waals surface area contributed by atoms with Gasteiger partial charge in [0.1, 0.15) is 0 Å². The van der Waals surface area contributed by atoms with Gasteiger partial charge in [0.2, 0.25) is 0 Å². The number of primary amides is 1. The summed E-state index contributed by atoms with van der Waals surface area (Å²) in [6.07, 6.45) is 1.66. The predicted octanol–water partition coefficient (Wildman–Crippen LogP) is 2.02. The van der Waals surface area contributed by atoms with Crippen LogP contribution in [0.15, 0.2) is 36.5 Å². The van der Waals surface area contributed by atoms with Gasteiger partial charge in [0.15, 0.2) is 5.82 Å². The van der Waals surface area contributed by atoms with Gasteiger partial charge in [0.05, 0.1) is 18.5 Å².